The number of halogens is 2. The SMILES string of the molecule is CC(C)Oc1ccc(/C(O)=C2/C(=O)C(=O)N(Cc3ccc(F)cc3)C2c2ccc(F)cc2)cc1. The summed E-state index contributed by atoms with van der Waals surface area (Å²) in [5.74, 6) is -2.30. The number of aliphatic hydroxyl groups is 1. The zero-order valence-electron chi connectivity index (χ0n) is 18.7. The second kappa shape index (κ2) is 9.47. The molecule has 0 aromatic heterocycles. The van der Waals surface area contributed by atoms with Crippen LogP contribution >= 0.6 is 0 Å². The van der Waals surface area contributed by atoms with Crippen LogP contribution in [0.3, 0.4) is 0 Å². The summed E-state index contributed by atoms with van der Waals surface area (Å²) in [6.45, 7) is 3.78. The minimum atomic E-state index is -0.947. The fraction of sp³-hybridized carbons (Fsp3) is 0.185. The van der Waals surface area contributed by atoms with Crippen molar-refractivity contribution in [1.29, 1.82) is 0 Å². The minimum absolute atomic E-state index is 0.00480. The van der Waals surface area contributed by atoms with Gasteiger partial charge in [0, 0.05) is 12.1 Å². The van der Waals surface area contributed by atoms with Crippen LogP contribution in [0.2, 0.25) is 0 Å². The standard InChI is InChI=1S/C27H23F2NO4/c1-16(2)34-22-13-7-19(8-14-22)25(31)23-24(18-5-11-21(29)12-6-18)30(27(33)26(23)32)15-17-3-9-20(28)10-4-17/h3-14,16,24,31H,15H2,1-2H3/b25-23-. The molecule has 1 saturated heterocycles. The number of carbonyl (C=O) groups excluding carboxylic acids is 2. The number of hydrogen-bond acceptors (Lipinski definition) is 4. The molecule has 1 fully saturated rings. The number of amides is 1. The highest BCUT2D eigenvalue weighted by atomic mass is 19.1. The van der Waals surface area contributed by atoms with Gasteiger partial charge in [0.25, 0.3) is 11.7 Å². The molecule has 34 heavy (non-hydrogen) atoms. The van der Waals surface area contributed by atoms with Crippen LogP contribution in [0, 0.1) is 11.6 Å². The van der Waals surface area contributed by atoms with Gasteiger partial charge in [-0.05, 0) is 73.5 Å². The number of hydrogen-bond donors (Lipinski definition) is 1. The third kappa shape index (κ3) is 4.69. The monoisotopic (exact) mass is 463 g/mol. The maximum atomic E-state index is 13.6. The average molecular weight is 463 g/mol. The van der Waals surface area contributed by atoms with E-state index in [1.165, 1.54) is 53.4 Å². The molecule has 174 valence electrons. The van der Waals surface area contributed by atoms with E-state index in [-0.39, 0.29) is 24.0 Å². The Kier molecular flexibility index (Phi) is 6.45. The van der Waals surface area contributed by atoms with Crippen LogP contribution < -0.4 is 4.74 Å². The minimum Gasteiger partial charge on any atom is -0.507 e. The zero-order valence-corrected chi connectivity index (χ0v) is 18.7. The third-order valence-corrected chi connectivity index (χ3v) is 5.49. The molecule has 4 rings (SSSR count). The summed E-state index contributed by atoms with van der Waals surface area (Å²) in [5.41, 5.74) is 1.30. The molecule has 1 unspecified atom stereocenters. The van der Waals surface area contributed by atoms with Crippen LogP contribution in [-0.4, -0.2) is 27.8 Å². The molecule has 1 aliphatic heterocycles. The van der Waals surface area contributed by atoms with Gasteiger partial charge in [0.15, 0.2) is 0 Å². The summed E-state index contributed by atoms with van der Waals surface area (Å²) < 4.78 is 32.6. The van der Waals surface area contributed by atoms with Crippen LogP contribution in [0.15, 0.2) is 78.4 Å². The number of nitrogens with zero attached hydrogens (tertiary/aromatic N) is 1. The molecule has 1 aliphatic rings. The Labute approximate surface area is 195 Å². The highest BCUT2D eigenvalue weighted by Gasteiger charge is 2.46. The van der Waals surface area contributed by atoms with Crippen LogP contribution in [0.1, 0.15) is 36.6 Å². The van der Waals surface area contributed by atoms with Gasteiger partial charge in [-0.25, -0.2) is 8.78 Å². The van der Waals surface area contributed by atoms with E-state index >= 15 is 0 Å². The molecule has 5 nitrogen and oxygen atoms in total. The van der Waals surface area contributed by atoms with Crippen molar-refractivity contribution in [1.82, 2.24) is 4.90 Å². The summed E-state index contributed by atoms with van der Waals surface area (Å²) in [5, 5.41) is 11.1. The number of Topliss-reactive ketones (excluding diaryl/α,β-unsaturated/α-hetero) is 1. The predicted molar refractivity (Wildman–Crippen MR) is 123 cm³/mol. The summed E-state index contributed by atoms with van der Waals surface area (Å²) >= 11 is 0. The Balaban J connectivity index is 1.79. The maximum absolute atomic E-state index is 13.6. The molecule has 1 heterocycles. The van der Waals surface area contributed by atoms with Crippen molar-refractivity contribution in [2.75, 3.05) is 0 Å². The van der Waals surface area contributed by atoms with Gasteiger partial charge in [-0.2, -0.15) is 0 Å². The van der Waals surface area contributed by atoms with Crippen LogP contribution in [0.4, 0.5) is 8.78 Å². The van der Waals surface area contributed by atoms with E-state index in [4.69, 9.17) is 4.74 Å². The molecule has 0 spiro atoms. The number of carbonyl (C=O) groups is 2. The van der Waals surface area contributed by atoms with Gasteiger partial charge in [0.1, 0.15) is 23.1 Å². The number of rotatable bonds is 6. The van der Waals surface area contributed by atoms with Crippen molar-refractivity contribution in [2.45, 2.75) is 32.5 Å². The number of ether oxygens (including phenoxy) is 1. The Morgan fingerprint density at radius 2 is 1.47 bits per heavy atom. The van der Waals surface area contributed by atoms with E-state index in [1.54, 1.807) is 24.3 Å². The lowest BCUT2D eigenvalue weighted by Gasteiger charge is -2.25. The van der Waals surface area contributed by atoms with Crippen molar-refractivity contribution < 1.29 is 28.2 Å². The van der Waals surface area contributed by atoms with E-state index in [9.17, 15) is 23.5 Å². The van der Waals surface area contributed by atoms with Gasteiger partial charge in [-0.1, -0.05) is 24.3 Å². The Hall–Kier alpha value is -4.00. The molecule has 1 N–H and O–H groups in total. The first-order valence-electron chi connectivity index (χ1n) is 10.8. The molecule has 0 saturated carbocycles. The first-order valence-corrected chi connectivity index (χ1v) is 10.8. The van der Waals surface area contributed by atoms with Gasteiger partial charge < -0.3 is 14.7 Å². The molecule has 3 aromatic carbocycles. The van der Waals surface area contributed by atoms with Crippen molar-refractivity contribution >= 4 is 17.4 Å². The number of likely N-dealkylation sites (tertiary alicyclic amines) is 1. The zero-order chi connectivity index (χ0) is 24.4. The fourth-order valence-corrected chi connectivity index (χ4v) is 3.94. The first kappa shape index (κ1) is 23.2. The molecule has 7 heteroatoms. The molecule has 0 radical (unpaired) electrons. The van der Waals surface area contributed by atoms with Gasteiger partial charge in [-0.15, -0.1) is 0 Å². The summed E-state index contributed by atoms with van der Waals surface area (Å²) in [6.07, 6.45) is -0.0327. The van der Waals surface area contributed by atoms with E-state index in [0.29, 0.717) is 22.4 Å². The van der Waals surface area contributed by atoms with Gasteiger partial charge in [0.05, 0.1) is 17.7 Å². The van der Waals surface area contributed by atoms with Crippen LogP contribution in [0.5, 0.6) is 5.75 Å². The smallest absolute Gasteiger partial charge is 0.295 e. The first-order chi connectivity index (χ1) is 16.2. The van der Waals surface area contributed by atoms with Crippen LogP contribution in [0.25, 0.3) is 5.76 Å². The van der Waals surface area contributed by atoms with Gasteiger partial charge >= 0.3 is 0 Å². The van der Waals surface area contributed by atoms with E-state index in [0.717, 1.165) is 0 Å². The second-order valence-electron chi connectivity index (χ2n) is 8.30. The Morgan fingerprint density at radius 3 is 2.03 bits per heavy atom. The molecule has 0 bridgehead atoms. The molecule has 1 amide bonds. The van der Waals surface area contributed by atoms with E-state index in [1.807, 2.05) is 13.8 Å². The lowest BCUT2D eigenvalue weighted by atomic mass is 9.95. The summed E-state index contributed by atoms with van der Waals surface area (Å²) in [4.78, 5) is 27.4. The molecular weight excluding hydrogens is 440 g/mol. The lowest BCUT2D eigenvalue weighted by Crippen LogP contribution is -2.29. The van der Waals surface area contributed by atoms with Crippen molar-refractivity contribution in [3.8, 4) is 5.75 Å². The molecular formula is C27H23F2NO4. The fourth-order valence-electron chi connectivity index (χ4n) is 3.94. The van der Waals surface area contributed by atoms with Crippen molar-refractivity contribution in [3.05, 3.63) is 107 Å². The number of benzene rings is 3. The third-order valence-electron chi connectivity index (χ3n) is 5.49. The van der Waals surface area contributed by atoms with Crippen molar-refractivity contribution in [2.24, 2.45) is 0 Å². The highest BCUT2D eigenvalue weighted by Crippen LogP contribution is 2.40. The highest BCUT2D eigenvalue weighted by molar-refractivity contribution is 6.46. The lowest BCUT2D eigenvalue weighted by molar-refractivity contribution is -0.140. The summed E-state index contributed by atoms with van der Waals surface area (Å²) in [6, 6.07) is 16.5. The van der Waals surface area contributed by atoms with Crippen molar-refractivity contribution in [3.63, 3.8) is 0 Å². The Bertz CT molecular complexity index is 1230. The maximum Gasteiger partial charge on any atom is 0.295 e. The molecule has 1 atom stereocenters. The average Bonchev–Trinajstić information content (AvgIpc) is 3.05. The summed E-state index contributed by atoms with van der Waals surface area (Å²) in [7, 11) is 0. The van der Waals surface area contributed by atoms with Gasteiger partial charge in [0.2, 0.25) is 0 Å². The normalized spacial score (nSPS) is 17.4. The van der Waals surface area contributed by atoms with E-state index < -0.39 is 29.4 Å². The largest absolute Gasteiger partial charge is 0.507 e. The van der Waals surface area contributed by atoms with E-state index in [2.05, 4.69) is 0 Å². The topological polar surface area (TPSA) is 66.8 Å². The molecule has 3 aromatic rings. The van der Waals surface area contributed by atoms with Gasteiger partial charge in [-0.3, -0.25) is 9.59 Å². The number of aliphatic hydroxyl groups excluding tert-OH is 1. The quantitative estimate of drug-likeness (QED) is 0.303. The van der Waals surface area contributed by atoms with Crippen LogP contribution in [-0.2, 0) is 16.1 Å². The Morgan fingerprint density at radius 1 is 0.912 bits per heavy atom. The molecule has 0 aliphatic carbocycles. The number of ketones is 1. The predicted octanol–water partition coefficient (Wildman–Crippen LogP) is 5.37. The second-order valence-corrected chi connectivity index (χ2v) is 8.30.